The largest absolute Gasteiger partial charge is 0.473 e. The van der Waals surface area contributed by atoms with Crippen molar-refractivity contribution in [1.29, 1.82) is 0 Å². The maximum absolute atomic E-state index is 14.2. The normalized spacial score (nSPS) is 11.0. The third-order valence-corrected chi connectivity index (χ3v) is 6.93. The minimum Gasteiger partial charge on any atom is -0.473 e. The SMILES string of the molecule is C=C(Cc1ccc(-c2cccc(OCc3ccc(C(F)(F)F)cc3F)n2)cc1)N(Cc1cnco1)c1cc([C-]=O)ccc1C.[U]. The molecule has 3 aromatic carbocycles. The molecular formula is C34H26F4N3O3U-. The summed E-state index contributed by atoms with van der Waals surface area (Å²) in [5.74, 6) is -0.166. The zero-order valence-electron chi connectivity index (χ0n) is 24.1. The molecule has 5 aromatic rings. The van der Waals surface area contributed by atoms with E-state index in [1.54, 1.807) is 36.5 Å². The Morgan fingerprint density at radius 3 is 2.49 bits per heavy atom. The molecule has 0 aliphatic carbocycles. The van der Waals surface area contributed by atoms with Gasteiger partial charge in [0.1, 0.15) is 18.2 Å². The van der Waals surface area contributed by atoms with Crippen LogP contribution in [0.2, 0.25) is 0 Å². The Labute approximate surface area is 281 Å². The second-order valence-corrected chi connectivity index (χ2v) is 10.1. The fourth-order valence-electron chi connectivity index (χ4n) is 4.58. The molecule has 0 unspecified atom stereocenters. The maximum atomic E-state index is 14.2. The number of alkyl halides is 3. The van der Waals surface area contributed by atoms with Gasteiger partial charge in [0.2, 0.25) is 5.88 Å². The minimum atomic E-state index is -4.63. The molecule has 0 amide bonds. The number of halogens is 4. The van der Waals surface area contributed by atoms with Crippen LogP contribution in [0, 0.1) is 43.9 Å². The van der Waals surface area contributed by atoms with Crippen LogP contribution in [0.15, 0.2) is 108 Å². The average Bonchev–Trinajstić information content (AvgIpc) is 3.53. The molecule has 0 aliphatic heterocycles. The van der Waals surface area contributed by atoms with Crippen molar-refractivity contribution in [2.45, 2.75) is 32.7 Å². The van der Waals surface area contributed by atoms with Crippen molar-refractivity contribution in [2.24, 2.45) is 0 Å². The van der Waals surface area contributed by atoms with Gasteiger partial charge in [0.15, 0.2) is 6.39 Å². The van der Waals surface area contributed by atoms with Crippen molar-refractivity contribution in [2.75, 3.05) is 4.90 Å². The summed E-state index contributed by atoms with van der Waals surface area (Å²) in [4.78, 5) is 21.8. The van der Waals surface area contributed by atoms with Gasteiger partial charge < -0.3 is 18.8 Å². The number of allylic oxidation sites excluding steroid dienone is 1. The van der Waals surface area contributed by atoms with Crippen molar-refractivity contribution in [3.8, 4) is 17.1 Å². The summed E-state index contributed by atoms with van der Waals surface area (Å²) in [6.45, 7) is 6.36. The van der Waals surface area contributed by atoms with E-state index in [1.807, 2.05) is 48.4 Å². The Hall–Kier alpha value is -4.20. The molecule has 0 atom stereocenters. The topological polar surface area (TPSA) is 68.5 Å². The number of anilines is 1. The zero-order chi connectivity index (χ0) is 31.3. The number of nitrogens with zero attached hydrogens (tertiary/aromatic N) is 3. The Morgan fingerprint density at radius 1 is 1.04 bits per heavy atom. The third kappa shape index (κ3) is 8.50. The molecule has 2 heterocycles. The number of aryl methyl sites for hydroxylation is 1. The van der Waals surface area contributed by atoms with Crippen LogP contribution in [0.3, 0.4) is 0 Å². The molecule has 5 rings (SSSR count). The molecule has 11 heteroatoms. The molecule has 0 bridgehead atoms. The zero-order valence-corrected chi connectivity index (χ0v) is 28.2. The third-order valence-electron chi connectivity index (χ3n) is 6.93. The van der Waals surface area contributed by atoms with Crippen molar-refractivity contribution in [3.05, 3.63) is 143 Å². The van der Waals surface area contributed by atoms with Gasteiger partial charge in [-0.1, -0.05) is 48.5 Å². The summed E-state index contributed by atoms with van der Waals surface area (Å²) in [5, 5.41) is 0. The quantitative estimate of drug-likeness (QED) is 0.0993. The van der Waals surface area contributed by atoms with E-state index >= 15 is 0 Å². The van der Waals surface area contributed by atoms with Gasteiger partial charge in [-0.3, -0.25) is 0 Å². The van der Waals surface area contributed by atoms with E-state index in [1.165, 1.54) is 6.39 Å². The van der Waals surface area contributed by atoms with Gasteiger partial charge in [0, 0.05) is 60.4 Å². The summed E-state index contributed by atoms with van der Waals surface area (Å²) in [5.41, 5.74) is 4.25. The first kappa shape index (κ1) is 33.7. The average molecular weight is 839 g/mol. The van der Waals surface area contributed by atoms with Crippen LogP contribution in [-0.2, 0) is 30.5 Å². The fraction of sp³-hybridized carbons (Fsp3) is 0.147. The maximum Gasteiger partial charge on any atom is 0.416 e. The summed E-state index contributed by atoms with van der Waals surface area (Å²) in [6, 6.07) is 20.5. The predicted molar refractivity (Wildman–Crippen MR) is 157 cm³/mol. The monoisotopic (exact) mass is 838 g/mol. The van der Waals surface area contributed by atoms with E-state index in [-0.39, 0.29) is 49.2 Å². The van der Waals surface area contributed by atoms with Crippen LogP contribution >= 0.6 is 0 Å². The van der Waals surface area contributed by atoms with Crippen LogP contribution < -0.4 is 9.64 Å². The van der Waals surface area contributed by atoms with Gasteiger partial charge in [-0.25, -0.2) is 14.4 Å². The van der Waals surface area contributed by atoms with Crippen LogP contribution in [0.1, 0.15) is 33.6 Å². The second-order valence-electron chi connectivity index (χ2n) is 10.1. The van der Waals surface area contributed by atoms with E-state index in [9.17, 15) is 22.4 Å². The van der Waals surface area contributed by atoms with Gasteiger partial charge >= 0.3 is 6.18 Å². The summed E-state index contributed by atoms with van der Waals surface area (Å²) in [6.07, 6.45) is 0.797. The molecule has 0 fully saturated rings. The molecule has 228 valence electrons. The van der Waals surface area contributed by atoms with E-state index in [2.05, 4.69) is 16.5 Å². The molecule has 6 nitrogen and oxygen atoms in total. The summed E-state index contributed by atoms with van der Waals surface area (Å²) in [7, 11) is 0. The van der Waals surface area contributed by atoms with Crippen LogP contribution in [-0.4, -0.2) is 16.3 Å². The van der Waals surface area contributed by atoms with Gasteiger partial charge in [0.05, 0.1) is 30.3 Å². The van der Waals surface area contributed by atoms with Crippen LogP contribution in [0.25, 0.3) is 11.3 Å². The number of hydrogen-bond acceptors (Lipinski definition) is 6. The Bertz CT molecular complexity index is 1780. The number of carbonyl (C=O) groups excluding carboxylic acids is 1. The number of aromatic nitrogens is 2. The van der Waals surface area contributed by atoms with E-state index < -0.39 is 17.6 Å². The molecule has 0 spiro atoms. The molecule has 0 saturated carbocycles. The summed E-state index contributed by atoms with van der Waals surface area (Å²) >= 11 is 0. The number of benzene rings is 3. The van der Waals surface area contributed by atoms with Gasteiger partial charge in [0.25, 0.3) is 0 Å². The Kier molecular flexibility index (Phi) is 11.0. The standard InChI is InChI=1S/C34H26F4N3O3.U/c1-22-6-7-25(19-42)15-32(22)41(18-29-17-39-21-44-29)23(2)14-24-8-10-26(11-9-24)31-4-3-5-33(40-31)43-20-27-12-13-28(16-30(27)35)34(36,37)38;/h3-13,15-17,21H,2,14,18,20H2,1H3;/q-1;. The molecule has 0 saturated heterocycles. The fourth-order valence-corrected chi connectivity index (χ4v) is 4.58. The molecular weight excluding hydrogens is 812 g/mol. The summed E-state index contributed by atoms with van der Waals surface area (Å²) < 4.78 is 63.8. The van der Waals surface area contributed by atoms with E-state index in [4.69, 9.17) is 9.15 Å². The molecule has 0 radical (unpaired) electrons. The van der Waals surface area contributed by atoms with Crippen LogP contribution in [0.4, 0.5) is 23.2 Å². The number of rotatable bonds is 11. The molecule has 45 heavy (non-hydrogen) atoms. The van der Waals surface area contributed by atoms with E-state index in [0.717, 1.165) is 40.2 Å². The molecule has 2 aromatic heterocycles. The Balaban J connectivity index is 0.00000461. The minimum absolute atomic E-state index is 0. The van der Waals surface area contributed by atoms with Crippen molar-refractivity contribution in [3.63, 3.8) is 0 Å². The van der Waals surface area contributed by atoms with E-state index in [0.29, 0.717) is 36.0 Å². The van der Waals surface area contributed by atoms with Gasteiger partial charge in [-0.05, 0) is 36.4 Å². The van der Waals surface area contributed by atoms with Crippen molar-refractivity contribution >= 4 is 12.0 Å². The second kappa shape index (κ2) is 14.7. The first-order chi connectivity index (χ1) is 21.1. The smallest absolute Gasteiger partial charge is 0.416 e. The first-order valence-corrected chi connectivity index (χ1v) is 13.5. The number of ether oxygens (including phenoxy) is 1. The van der Waals surface area contributed by atoms with Crippen molar-refractivity contribution in [1.82, 2.24) is 9.97 Å². The Morgan fingerprint density at radius 2 is 1.82 bits per heavy atom. The van der Waals surface area contributed by atoms with Gasteiger partial charge in [-0.2, -0.15) is 19.2 Å². The van der Waals surface area contributed by atoms with Crippen molar-refractivity contribution < 1.29 is 62.6 Å². The molecule has 0 N–H and O–H groups in total. The number of hydrogen-bond donors (Lipinski definition) is 0. The first-order valence-electron chi connectivity index (χ1n) is 13.5. The van der Waals surface area contributed by atoms with Gasteiger partial charge in [-0.15, -0.1) is 17.7 Å². The molecule has 0 aliphatic rings. The number of pyridine rings is 1. The number of oxazole rings is 1. The predicted octanol–water partition coefficient (Wildman–Crippen LogP) is 8.00. The van der Waals surface area contributed by atoms with Crippen LogP contribution in [0.5, 0.6) is 5.88 Å².